The Balaban J connectivity index is 1.90. The van der Waals surface area contributed by atoms with Crippen LogP contribution < -0.4 is 5.32 Å². The minimum absolute atomic E-state index is 0.155. The SMILES string of the molecule is CCOC(=O)c1ccc(NC2CCC(O)CC2)nc1. The molecule has 19 heavy (non-hydrogen) atoms. The molecule has 1 aliphatic carbocycles. The first kappa shape index (κ1) is 13.8. The van der Waals surface area contributed by atoms with E-state index in [-0.39, 0.29) is 12.1 Å². The van der Waals surface area contributed by atoms with Crippen molar-refractivity contribution < 1.29 is 14.6 Å². The molecule has 1 saturated carbocycles. The van der Waals surface area contributed by atoms with Crippen LogP contribution in [0.5, 0.6) is 0 Å². The molecule has 0 spiro atoms. The van der Waals surface area contributed by atoms with E-state index >= 15 is 0 Å². The highest BCUT2D eigenvalue weighted by atomic mass is 16.5. The number of aromatic nitrogens is 1. The van der Waals surface area contributed by atoms with Crippen LogP contribution in [-0.4, -0.2) is 34.8 Å². The summed E-state index contributed by atoms with van der Waals surface area (Å²) in [5.74, 6) is 0.414. The molecule has 1 aliphatic rings. The van der Waals surface area contributed by atoms with Gasteiger partial charge in [-0.1, -0.05) is 0 Å². The number of esters is 1. The van der Waals surface area contributed by atoms with Crippen LogP contribution in [0.25, 0.3) is 0 Å². The molecule has 0 atom stereocenters. The first-order valence-corrected chi connectivity index (χ1v) is 6.77. The second-order valence-electron chi connectivity index (χ2n) is 4.80. The standard InChI is InChI=1S/C14H20N2O3/c1-2-19-14(18)10-3-8-13(15-9-10)16-11-4-6-12(17)7-5-11/h3,8-9,11-12,17H,2,4-7H2,1H3,(H,15,16). The van der Waals surface area contributed by atoms with Crippen molar-refractivity contribution in [3.63, 3.8) is 0 Å². The third kappa shape index (κ3) is 3.92. The monoisotopic (exact) mass is 264 g/mol. The van der Waals surface area contributed by atoms with Crippen molar-refractivity contribution in [2.75, 3.05) is 11.9 Å². The second kappa shape index (κ2) is 6.52. The number of hydrogen-bond donors (Lipinski definition) is 2. The number of nitrogens with zero attached hydrogens (tertiary/aromatic N) is 1. The molecule has 104 valence electrons. The molecular weight excluding hydrogens is 244 g/mol. The lowest BCUT2D eigenvalue weighted by Crippen LogP contribution is -2.28. The molecule has 0 radical (unpaired) electrons. The zero-order valence-corrected chi connectivity index (χ0v) is 11.1. The average molecular weight is 264 g/mol. The molecule has 1 aromatic rings. The Bertz CT molecular complexity index is 411. The fourth-order valence-electron chi connectivity index (χ4n) is 2.24. The Hall–Kier alpha value is -1.62. The van der Waals surface area contributed by atoms with Crippen molar-refractivity contribution >= 4 is 11.8 Å². The predicted octanol–water partition coefficient (Wildman–Crippen LogP) is 1.97. The van der Waals surface area contributed by atoms with Gasteiger partial charge < -0.3 is 15.2 Å². The van der Waals surface area contributed by atoms with Gasteiger partial charge in [-0.15, -0.1) is 0 Å². The van der Waals surface area contributed by atoms with Crippen LogP contribution in [-0.2, 0) is 4.74 Å². The lowest BCUT2D eigenvalue weighted by molar-refractivity contribution is 0.0526. The third-order valence-electron chi connectivity index (χ3n) is 3.32. The fraction of sp³-hybridized carbons (Fsp3) is 0.571. The molecule has 0 saturated heterocycles. The van der Waals surface area contributed by atoms with Crippen molar-refractivity contribution in [1.29, 1.82) is 0 Å². The number of aliphatic hydroxyl groups is 1. The number of rotatable bonds is 4. The second-order valence-corrected chi connectivity index (χ2v) is 4.80. The number of aliphatic hydroxyl groups excluding tert-OH is 1. The van der Waals surface area contributed by atoms with Gasteiger partial charge in [0.25, 0.3) is 0 Å². The predicted molar refractivity (Wildman–Crippen MR) is 72.1 cm³/mol. The molecule has 0 aliphatic heterocycles. The van der Waals surface area contributed by atoms with E-state index in [4.69, 9.17) is 4.74 Å². The Morgan fingerprint density at radius 1 is 1.42 bits per heavy atom. The molecule has 1 fully saturated rings. The smallest absolute Gasteiger partial charge is 0.339 e. The molecule has 5 heteroatoms. The minimum atomic E-state index is -0.345. The van der Waals surface area contributed by atoms with Gasteiger partial charge >= 0.3 is 5.97 Å². The molecule has 2 rings (SSSR count). The van der Waals surface area contributed by atoms with Crippen molar-refractivity contribution in [2.45, 2.75) is 44.8 Å². The zero-order chi connectivity index (χ0) is 13.7. The molecule has 1 heterocycles. The molecule has 1 aromatic heterocycles. The summed E-state index contributed by atoms with van der Waals surface area (Å²) in [6.45, 7) is 2.14. The Morgan fingerprint density at radius 2 is 2.16 bits per heavy atom. The van der Waals surface area contributed by atoms with Crippen molar-refractivity contribution in [1.82, 2.24) is 4.98 Å². The lowest BCUT2D eigenvalue weighted by Gasteiger charge is -2.26. The quantitative estimate of drug-likeness (QED) is 0.814. The lowest BCUT2D eigenvalue weighted by atomic mass is 9.93. The summed E-state index contributed by atoms with van der Waals surface area (Å²) in [4.78, 5) is 15.7. The topological polar surface area (TPSA) is 71.5 Å². The molecule has 5 nitrogen and oxygen atoms in total. The van der Waals surface area contributed by atoms with Crippen molar-refractivity contribution in [2.24, 2.45) is 0 Å². The average Bonchev–Trinajstić information content (AvgIpc) is 2.42. The van der Waals surface area contributed by atoms with Gasteiger partial charge in [0, 0.05) is 12.2 Å². The molecule has 0 unspecified atom stereocenters. The van der Waals surface area contributed by atoms with Gasteiger partial charge in [-0.3, -0.25) is 0 Å². The summed E-state index contributed by atoms with van der Waals surface area (Å²) in [5.41, 5.74) is 0.464. The van der Waals surface area contributed by atoms with Crippen LogP contribution in [0.2, 0.25) is 0 Å². The van der Waals surface area contributed by atoms with Crippen LogP contribution >= 0.6 is 0 Å². The van der Waals surface area contributed by atoms with Crippen molar-refractivity contribution in [3.05, 3.63) is 23.9 Å². The van der Waals surface area contributed by atoms with Gasteiger partial charge in [0.15, 0.2) is 0 Å². The van der Waals surface area contributed by atoms with E-state index in [1.165, 1.54) is 6.20 Å². The van der Waals surface area contributed by atoms with Crippen LogP contribution in [0.3, 0.4) is 0 Å². The highest BCUT2D eigenvalue weighted by Crippen LogP contribution is 2.21. The van der Waals surface area contributed by atoms with E-state index in [9.17, 15) is 9.90 Å². The maximum atomic E-state index is 11.5. The van der Waals surface area contributed by atoms with Crippen LogP contribution in [0.15, 0.2) is 18.3 Å². The summed E-state index contributed by atoms with van der Waals surface area (Å²) in [6, 6.07) is 3.85. The van der Waals surface area contributed by atoms with Gasteiger partial charge in [0.2, 0.25) is 0 Å². The fourth-order valence-corrected chi connectivity index (χ4v) is 2.24. The molecule has 0 aromatic carbocycles. The summed E-state index contributed by atoms with van der Waals surface area (Å²) in [6.07, 6.45) is 4.93. The highest BCUT2D eigenvalue weighted by Gasteiger charge is 2.19. The summed E-state index contributed by atoms with van der Waals surface area (Å²) >= 11 is 0. The number of pyridine rings is 1. The Labute approximate surface area is 113 Å². The molecular formula is C14H20N2O3. The van der Waals surface area contributed by atoms with Crippen molar-refractivity contribution in [3.8, 4) is 0 Å². The number of carbonyl (C=O) groups excluding carboxylic acids is 1. The molecule has 0 amide bonds. The number of anilines is 1. The third-order valence-corrected chi connectivity index (χ3v) is 3.32. The maximum absolute atomic E-state index is 11.5. The maximum Gasteiger partial charge on any atom is 0.339 e. The number of ether oxygens (including phenoxy) is 1. The van der Waals surface area contributed by atoms with Gasteiger partial charge in [-0.25, -0.2) is 9.78 Å². The highest BCUT2D eigenvalue weighted by molar-refractivity contribution is 5.89. The normalized spacial score (nSPS) is 22.8. The largest absolute Gasteiger partial charge is 0.462 e. The Morgan fingerprint density at radius 3 is 2.74 bits per heavy atom. The summed E-state index contributed by atoms with van der Waals surface area (Å²) in [7, 11) is 0. The molecule has 2 N–H and O–H groups in total. The van der Waals surface area contributed by atoms with E-state index in [2.05, 4.69) is 10.3 Å². The van der Waals surface area contributed by atoms with Crippen LogP contribution in [0.1, 0.15) is 43.0 Å². The van der Waals surface area contributed by atoms with E-state index in [1.54, 1.807) is 19.1 Å². The van der Waals surface area contributed by atoms with E-state index in [1.807, 2.05) is 0 Å². The molecule has 0 bridgehead atoms. The zero-order valence-electron chi connectivity index (χ0n) is 11.1. The van der Waals surface area contributed by atoms with Gasteiger partial charge in [-0.05, 0) is 44.7 Å². The Kier molecular flexibility index (Phi) is 4.74. The summed E-state index contributed by atoms with van der Waals surface area (Å²) in [5, 5.41) is 12.8. The van der Waals surface area contributed by atoms with Crippen LogP contribution in [0.4, 0.5) is 5.82 Å². The first-order valence-electron chi connectivity index (χ1n) is 6.77. The summed E-state index contributed by atoms with van der Waals surface area (Å²) < 4.78 is 4.90. The van der Waals surface area contributed by atoms with Gasteiger partial charge in [0.05, 0.1) is 18.3 Å². The minimum Gasteiger partial charge on any atom is -0.462 e. The van der Waals surface area contributed by atoms with Gasteiger partial charge in [-0.2, -0.15) is 0 Å². The van der Waals surface area contributed by atoms with E-state index in [0.29, 0.717) is 18.2 Å². The number of nitrogens with one attached hydrogen (secondary N) is 1. The first-order chi connectivity index (χ1) is 9.19. The van der Waals surface area contributed by atoms with E-state index in [0.717, 1.165) is 31.5 Å². The van der Waals surface area contributed by atoms with Crippen LogP contribution in [0, 0.1) is 0 Å². The number of carbonyl (C=O) groups is 1. The van der Waals surface area contributed by atoms with Gasteiger partial charge in [0.1, 0.15) is 5.82 Å². The number of hydrogen-bond acceptors (Lipinski definition) is 5. The van der Waals surface area contributed by atoms with E-state index < -0.39 is 0 Å².